The van der Waals surface area contributed by atoms with Crippen molar-refractivity contribution in [3.63, 3.8) is 0 Å². The fraction of sp³-hybridized carbons (Fsp3) is 0.556. The molecule has 2 rings (SSSR count). The highest BCUT2D eigenvalue weighted by molar-refractivity contribution is 6.39. The van der Waals surface area contributed by atoms with Crippen LogP contribution >= 0.6 is 0 Å². The Labute approximate surface area is 148 Å². The summed E-state index contributed by atoms with van der Waals surface area (Å²) < 4.78 is 10.8. The highest BCUT2D eigenvalue weighted by Gasteiger charge is 2.15. The average Bonchev–Trinajstić information content (AvgIpc) is 2.62. The number of ether oxygens (including phenoxy) is 2. The lowest BCUT2D eigenvalue weighted by molar-refractivity contribution is -0.136. The molecule has 1 heterocycles. The maximum absolute atomic E-state index is 11.9. The molecule has 2 N–H and O–H groups in total. The zero-order chi connectivity index (χ0) is 18.1. The third-order valence-corrected chi connectivity index (χ3v) is 3.72. The van der Waals surface area contributed by atoms with Crippen LogP contribution in [0.25, 0.3) is 0 Å². The number of benzene rings is 1. The first-order valence-corrected chi connectivity index (χ1v) is 8.66. The number of nitrogens with zero attached hydrogens (tertiary/aromatic N) is 1. The number of rotatable bonds is 7. The van der Waals surface area contributed by atoms with Gasteiger partial charge < -0.3 is 20.1 Å². The van der Waals surface area contributed by atoms with Crippen molar-refractivity contribution in [2.45, 2.75) is 13.8 Å². The molecule has 0 bridgehead atoms. The lowest BCUT2D eigenvalue weighted by Crippen LogP contribution is -2.43. The zero-order valence-electron chi connectivity index (χ0n) is 14.9. The molecule has 0 aromatic heterocycles. The van der Waals surface area contributed by atoms with Gasteiger partial charge in [-0.05, 0) is 30.2 Å². The second kappa shape index (κ2) is 10.0. The molecule has 25 heavy (non-hydrogen) atoms. The van der Waals surface area contributed by atoms with Gasteiger partial charge in [0.15, 0.2) is 0 Å². The number of nitrogens with one attached hydrogen (secondary N) is 2. The number of carbonyl (C=O) groups excluding carboxylic acids is 2. The summed E-state index contributed by atoms with van der Waals surface area (Å²) in [5.74, 6) is -0.117. The van der Waals surface area contributed by atoms with Crippen LogP contribution in [-0.4, -0.2) is 62.7 Å². The Morgan fingerprint density at radius 1 is 1.16 bits per heavy atom. The van der Waals surface area contributed by atoms with Gasteiger partial charge in [-0.15, -0.1) is 0 Å². The van der Waals surface area contributed by atoms with E-state index in [1.54, 1.807) is 24.3 Å². The van der Waals surface area contributed by atoms with E-state index in [1.165, 1.54) is 0 Å². The van der Waals surface area contributed by atoms with Gasteiger partial charge in [0.2, 0.25) is 0 Å². The summed E-state index contributed by atoms with van der Waals surface area (Å²) in [6, 6.07) is 6.98. The number of anilines is 1. The van der Waals surface area contributed by atoms with Crippen LogP contribution < -0.4 is 15.4 Å². The summed E-state index contributed by atoms with van der Waals surface area (Å²) in [6.07, 6.45) is 0. The van der Waals surface area contributed by atoms with Crippen LogP contribution in [0.3, 0.4) is 0 Å². The second-order valence-corrected chi connectivity index (χ2v) is 6.39. The summed E-state index contributed by atoms with van der Waals surface area (Å²) in [5, 5.41) is 5.22. The van der Waals surface area contributed by atoms with Crippen molar-refractivity contribution in [2.75, 3.05) is 51.3 Å². The lowest BCUT2D eigenvalue weighted by Gasteiger charge is -2.26. The largest absolute Gasteiger partial charge is 0.493 e. The molecule has 0 aliphatic carbocycles. The quantitative estimate of drug-likeness (QED) is 0.721. The van der Waals surface area contributed by atoms with Gasteiger partial charge in [-0.2, -0.15) is 0 Å². The smallest absolute Gasteiger partial charge is 0.313 e. The highest BCUT2D eigenvalue weighted by atomic mass is 16.5. The normalized spacial score (nSPS) is 15.0. The van der Waals surface area contributed by atoms with Crippen LogP contribution in [-0.2, 0) is 14.3 Å². The van der Waals surface area contributed by atoms with E-state index in [4.69, 9.17) is 9.47 Å². The number of morpholine rings is 1. The van der Waals surface area contributed by atoms with Gasteiger partial charge in [-0.3, -0.25) is 14.5 Å². The van der Waals surface area contributed by atoms with Gasteiger partial charge in [0.05, 0.1) is 19.8 Å². The van der Waals surface area contributed by atoms with Crippen LogP contribution in [0, 0.1) is 5.92 Å². The predicted molar refractivity (Wildman–Crippen MR) is 95.7 cm³/mol. The minimum Gasteiger partial charge on any atom is -0.493 e. The Kier molecular flexibility index (Phi) is 7.69. The van der Waals surface area contributed by atoms with Crippen molar-refractivity contribution >= 4 is 17.5 Å². The molecule has 7 nitrogen and oxygen atoms in total. The summed E-state index contributed by atoms with van der Waals surface area (Å²) >= 11 is 0. The van der Waals surface area contributed by atoms with Crippen LogP contribution in [0.5, 0.6) is 5.75 Å². The molecule has 0 unspecified atom stereocenters. The summed E-state index contributed by atoms with van der Waals surface area (Å²) in [4.78, 5) is 25.9. The maximum Gasteiger partial charge on any atom is 0.313 e. The van der Waals surface area contributed by atoms with E-state index in [1.807, 2.05) is 0 Å². The van der Waals surface area contributed by atoms with E-state index in [0.29, 0.717) is 44.5 Å². The van der Waals surface area contributed by atoms with Gasteiger partial charge in [-0.1, -0.05) is 13.8 Å². The predicted octanol–water partition coefficient (Wildman–Crippen LogP) is 1.11. The third-order valence-electron chi connectivity index (χ3n) is 3.72. The van der Waals surface area contributed by atoms with Crippen molar-refractivity contribution < 1.29 is 19.1 Å². The Hall–Kier alpha value is -2.12. The van der Waals surface area contributed by atoms with Crippen LogP contribution in [0.4, 0.5) is 5.69 Å². The monoisotopic (exact) mass is 349 g/mol. The third kappa shape index (κ3) is 7.11. The number of amides is 2. The first kappa shape index (κ1) is 19.2. The molecule has 1 aromatic carbocycles. The first-order chi connectivity index (χ1) is 12.0. The minimum atomic E-state index is -0.669. The molecule has 7 heteroatoms. The Morgan fingerprint density at radius 2 is 1.84 bits per heavy atom. The Bertz CT molecular complexity index is 554. The van der Waals surface area contributed by atoms with E-state index in [9.17, 15) is 9.59 Å². The van der Waals surface area contributed by atoms with E-state index in [2.05, 4.69) is 29.4 Å². The standard InChI is InChI=1S/C18H27N3O4/c1-14(2)13-25-16-5-3-15(4-6-16)20-18(23)17(22)19-7-8-21-9-11-24-12-10-21/h3-6,14H,7-13H2,1-2H3,(H,19,22)(H,20,23). The lowest BCUT2D eigenvalue weighted by atomic mass is 10.2. The van der Waals surface area contributed by atoms with Gasteiger partial charge in [0.25, 0.3) is 0 Å². The highest BCUT2D eigenvalue weighted by Crippen LogP contribution is 2.16. The molecular formula is C18H27N3O4. The van der Waals surface area contributed by atoms with Crippen molar-refractivity contribution in [2.24, 2.45) is 5.92 Å². The molecule has 0 radical (unpaired) electrons. The topological polar surface area (TPSA) is 79.9 Å². The Morgan fingerprint density at radius 3 is 2.48 bits per heavy atom. The number of carbonyl (C=O) groups is 2. The molecule has 1 fully saturated rings. The maximum atomic E-state index is 11.9. The molecule has 1 saturated heterocycles. The van der Waals surface area contributed by atoms with Gasteiger partial charge >= 0.3 is 11.8 Å². The van der Waals surface area contributed by atoms with E-state index >= 15 is 0 Å². The Balaban J connectivity index is 1.69. The van der Waals surface area contributed by atoms with Crippen molar-refractivity contribution in [1.82, 2.24) is 10.2 Å². The van der Waals surface area contributed by atoms with Crippen molar-refractivity contribution in [1.29, 1.82) is 0 Å². The molecule has 1 aliphatic heterocycles. The van der Waals surface area contributed by atoms with Crippen LogP contribution in [0.1, 0.15) is 13.8 Å². The van der Waals surface area contributed by atoms with E-state index in [-0.39, 0.29) is 0 Å². The average molecular weight is 349 g/mol. The number of hydrogen-bond acceptors (Lipinski definition) is 5. The summed E-state index contributed by atoms with van der Waals surface area (Å²) in [6.45, 7) is 9.07. The molecule has 0 atom stereocenters. The summed E-state index contributed by atoms with van der Waals surface area (Å²) in [5.41, 5.74) is 0.560. The van der Waals surface area contributed by atoms with Crippen LogP contribution in [0.15, 0.2) is 24.3 Å². The molecule has 0 saturated carbocycles. The zero-order valence-corrected chi connectivity index (χ0v) is 14.9. The fourth-order valence-corrected chi connectivity index (χ4v) is 2.32. The second-order valence-electron chi connectivity index (χ2n) is 6.39. The van der Waals surface area contributed by atoms with E-state index in [0.717, 1.165) is 18.8 Å². The molecule has 2 amide bonds. The minimum absolute atomic E-state index is 0.439. The van der Waals surface area contributed by atoms with Gasteiger partial charge in [0.1, 0.15) is 5.75 Å². The van der Waals surface area contributed by atoms with E-state index < -0.39 is 11.8 Å². The molecular weight excluding hydrogens is 322 g/mol. The van der Waals surface area contributed by atoms with Crippen molar-refractivity contribution in [3.05, 3.63) is 24.3 Å². The van der Waals surface area contributed by atoms with Crippen molar-refractivity contribution in [3.8, 4) is 5.75 Å². The van der Waals surface area contributed by atoms with Gasteiger partial charge in [-0.25, -0.2) is 0 Å². The first-order valence-electron chi connectivity index (χ1n) is 8.66. The number of hydrogen-bond donors (Lipinski definition) is 2. The molecule has 1 aliphatic rings. The fourth-order valence-electron chi connectivity index (χ4n) is 2.32. The van der Waals surface area contributed by atoms with Gasteiger partial charge in [0, 0.05) is 31.9 Å². The molecule has 138 valence electrons. The summed E-state index contributed by atoms with van der Waals surface area (Å²) in [7, 11) is 0. The van der Waals surface area contributed by atoms with Crippen LogP contribution in [0.2, 0.25) is 0 Å². The SMILES string of the molecule is CC(C)COc1ccc(NC(=O)C(=O)NCCN2CCOCC2)cc1. The molecule has 1 aromatic rings. The molecule has 0 spiro atoms.